The normalized spacial score (nSPS) is 11.6. The summed E-state index contributed by atoms with van der Waals surface area (Å²) in [4.78, 5) is 0. The summed E-state index contributed by atoms with van der Waals surface area (Å²) in [5.74, 6) is 0. The third kappa shape index (κ3) is 6.67. The lowest BCUT2D eigenvalue weighted by atomic mass is 9.98. The number of rotatable bonds is 8. The van der Waals surface area contributed by atoms with E-state index >= 15 is 0 Å². The van der Waals surface area contributed by atoms with Crippen molar-refractivity contribution in [1.29, 1.82) is 0 Å². The highest BCUT2D eigenvalue weighted by Crippen LogP contribution is 2.45. The number of aromatic nitrogens is 4. The molecule has 314 valence electrons. The average molecular weight is 873 g/mol. The van der Waals surface area contributed by atoms with Gasteiger partial charge in [0, 0.05) is 44.0 Å². The van der Waals surface area contributed by atoms with Gasteiger partial charge in [-0.1, -0.05) is 193 Å². The summed E-state index contributed by atoms with van der Waals surface area (Å²) in [5.41, 5.74) is 18.1. The maximum atomic E-state index is 5.06. The molecule has 0 fully saturated rings. The maximum absolute atomic E-state index is 5.06. The lowest BCUT2D eigenvalue weighted by Gasteiger charge is -2.15. The summed E-state index contributed by atoms with van der Waals surface area (Å²) in [6.45, 7) is 0. The van der Waals surface area contributed by atoms with Crippen LogP contribution in [0, 0.1) is 0 Å². The molecule has 0 bridgehead atoms. The monoisotopic (exact) mass is 872 g/mol. The van der Waals surface area contributed by atoms with Crippen LogP contribution in [0.5, 0.6) is 0 Å². The molecule has 13 rings (SSSR count). The molecule has 3 heterocycles. The van der Waals surface area contributed by atoms with Crippen molar-refractivity contribution < 1.29 is 0 Å². The fourth-order valence-corrected chi connectivity index (χ4v) is 10.9. The molecule has 0 atom stereocenters. The van der Waals surface area contributed by atoms with Crippen LogP contribution in [-0.2, 0) is 0 Å². The van der Waals surface area contributed by atoms with Gasteiger partial charge in [-0.05, 0) is 105 Å². The van der Waals surface area contributed by atoms with Crippen molar-refractivity contribution in [3.63, 3.8) is 0 Å². The van der Waals surface area contributed by atoms with Gasteiger partial charge in [-0.3, -0.25) is 0 Å². The van der Waals surface area contributed by atoms with Crippen LogP contribution >= 0.6 is 11.3 Å². The van der Waals surface area contributed by atoms with Crippen molar-refractivity contribution in [3.8, 4) is 77.0 Å². The first-order chi connectivity index (χ1) is 33.2. The summed E-state index contributed by atoms with van der Waals surface area (Å²) in [6.07, 6.45) is 0. The first-order valence-electron chi connectivity index (χ1n) is 22.6. The second-order valence-electron chi connectivity index (χ2n) is 17.0. The van der Waals surface area contributed by atoms with E-state index in [2.05, 4.69) is 252 Å². The first-order valence-corrected chi connectivity index (χ1v) is 23.5. The summed E-state index contributed by atoms with van der Waals surface area (Å²) < 4.78 is 4.87. The molecular weight excluding hydrogens is 833 g/mol. The van der Waals surface area contributed by atoms with Crippen molar-refractivity contribution in [2.75, 3.05) is 0 Å². The molecule has 13 aromatic rings. The Morgan fingerprint density at radius 1 is 0.269 bits per heavy atom. The molecule has 0 spiro atoms. The van der Waals surface area contributed by atoms with Gasteiger partial charge in [-0.2, -0.15) is 0 Å². The largest absolute Gasteiger partial charge is 0.308 e. The highest BCUT2D eigenvalue weighted by Gasteiger charge is 2.23. The first kappa shape index (κ1) is 38.8. The molecule has 10 aromatic carbocycles. The van der Waals surface area contributed by atoms with Crippen molar-refractivity contribution >= 4 is 54.9 Å². The van der Waals surface area contributed by atoms with E-state index in [4.69, 9.17) is 10.2 Å². The van der Waals surface area contributed by atoms with Crippen LogP contribution in [0.25, 0.3) is 121 Å². The summed E-state index contributed by atoms with van der Waals surface area (Å²) in [7, 11) is 0. The SMILES string of the molecule is c1ccc(-c2cc(-c3ccccc3)cc(-n3c4ccccc4c4cccc(-c5nnc(-c6cccc7c8ccccc8n(-c8cc(-c9ccccc9)cc(-c9ccccc9)c8)c67)s5)c43)c2)cc1. The zero-order valence-electron chi connectivity index (χ0n) is 36.3. The molecule has 0 aliphatic rings. The lowest BCUT2D eigenvalue weighted by Crippen LogP contribution is -1.97. The summed E-state index contributed by atoms with van der Waals surface area (Å²) >= 11 is 1.65. The fourth-order valence-electron chi connectivity index (χ4n) is 10.0. The molecule has 0 saturated heterocycles. The van der Waals surface area contributed by atoms with Crippen LogP contribution < -0.4 is 0 Å². The lowest BCUT2D eigenvalue weighted by molar-refractivity contribution is 1.10. The molecule has 4 nitrogen and oxygen atoms in total. The van der Waals surface area contributed by atoms with Gasteiger partial charge in [0.05, 0.1) is 22.1 Å². The van der Waals surface area contributed by atoms with Crippen molar-refractivity contribution in [2.45, 2.75) is 0 Å². The Bertz CT molecular complexity index is 3590. The van der Waals surface area contributed by atoms with Gasteiger partial charge in [0.1, 0.15) is 10.0 Å². The van der Waals surface area contributed by atoms with Gasteiger partial charge in [0.15, 0.2) is 0 Å². The zero-order chi connectivity index (χ0) is 44.3. The maximum Gasteiger partial charge on any atom is 0.150 e. The highest BCUT2D eigenvalue weighted by molar-refractivity contribution is 7.18. The number of hydrogen-bond donors (Lipinski definition) is 0. The van der Waals surface area contributed by atoms with E-state index in [0.717, 1.165) is 76.8 Å². The smallest absolute Gasteiger partial charge is 0.150 e. The van der Waals surface area contributed by atoms with E-state index < -0.39 is 0 Å². The molecule has 0 aliphatic carbocycles. The zero-order valence-corrected chi connectivity index (χ0v) is 37.1. The third-order valence-corrected chi connectivity index (χ3v) is 14.0. The number of nitrogens with zero attached hydrogens (tertiary/aromatic N) is 4. The topological polar surface area (TPSA) is 35.6 Å². The van der Waals surface area contributed by atoms with E-state index in [9.17, 15) is 0 Å². The van der Waals surface area contributed by atoms with Gasteiger partial charge in [-0.15, -0.1) is 10.2 Å². The predicted molar refractivity (Wildman–Crippen MR) is 281 cm³/mol. The molecule has 0 saturated carbocycles. The van der Waals surface area contributed by atoms with Crippen LogP contribution in [0.4, 0.5) is 0 Å². The molecule has 0 aliphatic heterocycles. The van der Waals surface area contributed by atoms with Gasteiger partial charge < -0.3 is 9.13 Å². The number of para-hydroxylation sites is 4. The number of fused-ring (bicyclic) bond motifs is 6. The Hall–Kier alpha value is -8.64. The third-order valence-electron chi connectivity index (χ3n) is 13.1. The van der Waals surface area contributed by atoms with Crippen LogP contribution in [0.1, 0.15) is 0 Å². The Kier molecular flexibility index (Phi) is 9.32. The Morgan fingerprint density at radius 3 is 0.940 bits per heavy atom. The average Bonchev–Trinajstić information content (AvgIpc) is 4.13. The van der Waals surface area contributed by atoms with Gasteiger partial charge >= 0.3 is 0 Å². The Morgan fingerprint density at radius 2 is 0.582 bits per heavy atom. The van der Waals surface area contributed by atoms with Crippen LogP contribution in [0.3, 0.4) is 0 Å². The van der Waals surface area contributed by atoms with E-state index in [1.807, 2.05) is 0 Å². The standard InChI is InChI=1S/C62H40N4S/c1-5-19-41(20-6-1)45-35-46(42-21-7-2-8-22-42)38-49(37-45)65-57-33-15-13-27-51(57)53-29-17-31-55(59(53)65)61-63-64-62(67-61)56-32-18-30-54-52-28-14-16-34-58(52)66(60(54)56)50-39-47(43-23-9-3-10-24-43)36-48(40-50)44-25-11-4-12-26-44/h1-40H. The molecule has 67 heavy (non-hydrogen) atoms. The van der Waals surface area contributed by atoms with Gasteiger partial charge in [0.2, 0.25) is 0 Å². The summed E-state index contributed by atoms with van der Waals surface area (Å²) in [5, 5.41) is 16.6. The minimum absolute atomic E-state index is 0.865. The van der Waals surface area contributed by atoms with Crippen LogP contribution in [0.15, 0.2) is 243 Å². The second-order valence-corrected chi connectivity index (χ2v) is 18.0. The van der Waals surface area contributed by atoms with Crippen LogP contribution in [-0.4, -0.2) is 19.3 Å². The van der Waals surface area contributed by atoms with Crippen LogP contribution in [0.2, 0.25) is 0 Å². The van der Waals surface area contributed by atoms with Crippen molar-refractivity contribution in [2.24, 2.45) is 0 Å². The number of hydrogen-bond acceptors (Lipinski definition) is 3. The predicted octanol–water partition coefficient (Wildman–Crippen LogP) is 16.7. The van der Waals surface area contributed by atoms with Gasteiger partial charge in [0.25, 0.3) is 0 Å². The van der Waals surface area contributed by atoms with E-state index in [-0.39, 0.29) is 0 Å². The highest BCUT2D eigenvalue weighted by atomic mass is 32.1. The molecule has 0 amide bonds. The molecule has 0 radical (unpaired) electrons. The van der Waals surface area contributed by atoms with Crippen molar-refractivity contribution in [1.82, 2.24) is 19.3 Å². The summed E-state index contributed by atoms with van der Waals surface area (Å²) in [6, 6.07) is 87.3. The minimum atomic E-state index is 0.865. The Balaban J connectivity index is 1.02. The fraction of sp³-hybridized carbons (Fsp3) is 0. The molecule has 3 aromatic heterocycles. The molecule has 0 unspecified atom stereocenters. The minimum Gasteiger partial charge on any atom is -0.308 e. The molecule has 0 N–H and O–H groups in total. The van der Waals surface area contributed by atoms with E-state index in [0.29, 0.717) is 0 Å². The number of benzene rings is 10. The van der Waals surface area contributed by atoms with E-state index in [1.165, 1.54) is 43.8 Å². The molecule has 5 heteroatoms. The second kappa shape index (κ2) is 16.1. The van der Waals surface area contributed by atoms with Gasteiger partial charge in [-0.25, -0.2) is 0 Å². The quantitative estimate of drug-likeness (QED) is 0.152. The Labute approximate surface area is 392 Å². The van der Waals surface area contributed by atoms with Crippen molar-refractivity contribution in [3.05, 3.63) is 243 Å². The molecular formula is C62H40N4S. The van der Waals surface area contributed by atoms with E-state index in [1.54, 1.807) is 11.3 Å².